The number of aromatic nitrogens is 3. The average molecular weight is 581 g/mol. The number of anilines is 1. The maximum absolute atomic E-state index is 14.5. The van der Waals surface area contributed by atoms with Gasteiger partial charge in [-0.15, -0.1) is 0 Å². The van der Waals surface area contributed by atoms with Gasteiger partial charge in [-0.2, -0.15) is 5.26 Å². The molecule has 8 nitrogen and oxygen atoms in total. The Labute approximate surface area is 247 Å². The minimum Gasteiger partial charge on any atom is -0.506 e. The lowest BCUT2D eigenvalue weighted by atomic mass is 9.95. The summed E-state index contributed by atoms with van der Waals surface area (Å²) >= 11 is 0. The number of fused-ring (bicyclic) bond motifs is 1. The lowest BCUT2D eigenvalue weighted by Gasteiger charge is -2.37. The van der Waals surface area contributed by atoms with Crippen molar-refractivity contribution in [3.8, 4) is 34.1 Å². The molecule has 1 aliphatic rings. The molecule has 218 valence electrons. The molecule has 1 saturated heterocycles. The van der Waals surface area contributed by atoms with Gasteiger partial charge in [0.2, 0.25) is 0 Å². The van der Waals surface area contributed by atoms with Crippen LogP contribution in [-0.4, -0.2) is 50.0 Å². The van der Waals surface area contributed by atoms with Gasteiger partial charge in [0.15, 0.2) is 0 Å². The number of pyridine rings is 2. The van der Waals surface area contributed by atoms with Crippen LogP contribution >= 0.6 is 0 Å². The fourth-order valence-electron chi connectivity index (χ4n) is 5.82. The van der Waals surface area contributed by atoms with Crippen molar-refractivity contribution in [1.29, 1.82) is 5.26 Å². The zero-order valence-corrected chi connectivity index (χ0v) is 23.7. The SMILES string of the molecule is Cc1ccc(C(C)n2cc(-c3cccc(C#N)c3O)c3c(N4CCC(N)C(O)C4)c(-c4cc(F)cc(F)c4)cnc32)nc1. The molecular weight excluding hydrogens is 550 g/mol. The number of aromatic hydroxyl groups is 1. The average Bonchev–Trinajstić information content (AvgIpc) is 3.37. The van der Waals surface area contributed by atoms with Crippen LogP contribution in [0.15, 0.2) is 67.1 Å². The summed E-state index contributed by atoms with van der Waals surface area (Å²) in [6, 6.07) is 13.4. The Bertz CT molecular complexity index is 1860. The molecule has 10 heteroatoms. The number of nitrogens with zero attached hydrogens (tertiary/aromatic N) is 5. The Hall–Kier alpha value is -4.85. The number of aryl methyl sites for hydroxylation is 1. The van der Waals surface area contributed by atoms with Crippen molar-refractivity contribution in [2.24, 2.45) is 5.73 Å². The number of aliphatic hydroxyl groups excluding tert-OH is 1. The van der Waals surface area contributed by atoms with E-state index in [1.165, 1.54) is 18.2 Å². The van der Waals surface area contributed by atoms with Crippen LogP contribution in [0.4, 0.5) is 14.5 Å². The van der Waals surface area contributed by atoms with Crippen molar-refractivity contribution in [3.63, 3.8) is 0 Å². The molecule has 0 radical (unpaired) electrons. The fourth-order valence-corrected chi connectivity index (χ4v) is 5.82. The second-order valence-corrected chi connectivity index (χ2v) is 11.0. The van der Waals surface area contributed by atoms with Crippen LogP contribution in [0.1, 0.15) is 36.2 Å². The number of piperidine rings is 1. The number of hydrogen-bond donors (Lipinski definition) is 3. The Morgan fingerprint density at radius 3 is 2.49 bits per heavy atom. The second-order valence-electron chi connectivity index (χ2n) is 11.0. The molecule has 3 aromatic heterocycles. The molecule has 1 fully saturated rings. The molecule has 2 aromatic carbocycles. The molecular formula is C33H30F2N6O2. The van der Waals surface area contributed by atoms with Gasteiger partial charge in [0.1, 0.15) is 29.1 Å². The van der Waals surface area contributed by atoms with E-state index in [1.807, 2.05) is 47.7 Å². The van der Waals surface area contributed by atoms with Gasteiger partial charge in [0.25, 0.3) is 0 Å². The van der Waals surface area contributed by atoms with E-state index in [2.05, 4.69) is 4.98 Å². The summed E-state index contributed by atoms with van der Waals surface area (Å²) < 4.78 is 31.0. The van der Waals surface area contributed by atoms with E-state index in [0.717, 1.165) is 17.3 Å². The summed E-state index contributed by atoms with van der Waals surface area (Å²) in [7, 11) is 0. The molecule has 4 heterocycles. The zero-order valence-electron chi connectivity index (χ0n) is 23.7. The summed E-state index contributed by atoms with van der Waals surface area (Å²) in [5, 5.41) is 32.3. The number of hydrogen-bond acceptors (Lipinski definition) is 7. The standard InChI is InChI=1S/C33H30F2N6O2/c1-18-6-7-28(38-14-18)19(2)41-16-26(24-5-3-4-20(13-36)32(24)43)30-31(40-9-8-27(37)29(42)17-40)25(15-39-33(30)41)21-10-22(34)12-23(35)11-21/h3-7,10-12,14-16,19,27,29,42-43H,8-9,17,37H2,1-2H3. The molecule has 0 spiro atoms. The molecule has 1 aliphatic heterocycles. The second kappa shape index (κ2) is 11.1. The maximum Gasteiger partial charge on any atom is 0.143 e. The minimum atomic E-state index is -0.842. The number of β-amino-alcohol motifs (C(OH)–C–C–N with tert-alkyl or cyclic N) is 1. The number of nitrogens with two attached hydrogens (primary N) is 1. The van der Waals surface area contributed by atoms with E-state index >= 15 is 0 Å². The quantitative estimate of drug-likeness (QED) is 0.253. The van der Waals surface area contributed by atoms with Gasteiger partial charge >= 0.3 is 0 Å². The third kappa shape index (κ3) is 5.07. The van der Waals surface area contributed by atoms with Crippen molar-refractivity contribution in [1.82, 2.24) is 14.5 Å². The van der Waals surface area contributed by atoms with Gasteiger partial charge in [-0.1, -0.05) is 18.2 Å². The van der Waals surface area contributed by atoms with E-state index in [1.54, 1.807) is 24.5 Å². The normalized spacial score (nSPS) is 17.7. The summed E-state index contributed by atoms with van der Waals surface area (Å²) in [5.41, 5.74) is 10.8. The first-order valence-corrected chi connectivity index (χ1v) is 14.0. The van der Waals surface area contributed by atoms with Crippen LogP contribution in [0.3, 0.4) is 0 Å². The Kier molecular flexibility index (Phi) is 7.30. The minimum absolute atomic E-state index is 0.101. The maximum atomic E-state index is 14.5. The van der Waals surface area contributed by atoms with Crippen molar-refractivity contribution in [2.45, 2.75) is 38.5 Å². The highest BCUT2D eigenvalue weighted by atomic mass is 19.1. The first-order valence-electron chi connectivity index (χ1n) is 14.0. The monoisotopic (exact) mass is 580 g/mol. The van der Waals surface area contributed by atoms with Gasteiger partial charge in [-0.25, -0.2) is 13.8 Å². The molecule has 0 bridgehead atoms. The fraction of sp³-hybridized carbons (Fsp3) is 0.242. The molecule has 3 atom stereocenters. The lowest BCUT2D eigenvalue weighted by molar-refractivity contribution is 0.132. The molecule has 0 saturated carbocycles. The van der Waals surface area contributed by atoms with Crippen LogP contribution in [0, 0.1) is 29.9 Å². The van der Waals surface area contributed by atoms with Gasteiger partial charge < -0.3 is 25.4 Å². The summed E-state index contributed by atoms with van der Waals surface area (Å²) in [6.45, 7) is 4.58. The predicted molar refractivity (Wildman–Crippen MR) is 160 cm³/mol. The number of aliphatic hydroxyl groups is 1. The van der Waals surface area contributed by atoms with Crippen LogP contribution in [0.5, 0.6) is 5.75 Å². The molecule has 5 aromatic rings. The number of phenols is 1. The van der Waals surface area contributed by atoms with E-state index < -0.39 is 23.8 Å². The molecule has 0 amide bonds. The summed E-state index contributed by atoms with van der Waals surface area (Å²) in [5.74, 6) is -1.67. The topological polar surface area (TPSA) is 124 Å². The molecule has 0 aliphatic carbocycles. The largest absolute Gasteiger partial charge is 0.506 e. The highest BCUT2D eigenvalue weighted by molar-refractivity contribution is 6.09. The highest BCUT2D eigenvalue weighted by Gasteiger charge is 2.31. The van der Waals surface area contributed by atoms with Crippen molar-refractivity contribution >= 4 is 16.7 Å². The number of phenolic OH excluding ortho intramolecular Hbond substituents is 1. The third-order valence-electron chi connectivity index (χ3n) is 8.16. The molecule has 3 unspecified atom stereocenters. The van der Waals surface area contributed by atoms with Gasteiger partial charge in [-0.3, -0.25) is 4.98 Å². The Balaban J connectivity index is 1.71. The molecule has 43 heavy (non-hydrogen) atoms. The van der Waals surface area contributed by atoms with Crippen LogP contribution in [0.2, 0.25) is 0 Å². The van der Waals surface area contributed by atoms with Crippen LogP contribution in [0.25, 0.3) is 33.3 Å². The Morgan fingerprint density at radius 1 is 1.05 bits per heavy atom. The van der Waals surface area contributed by atoms with E-state index in [4.69, 9.17) is 10.7 Å². The van der Waals surface area contributed by atoms with Crippen molar-refractivity contribution < 1.29 is 19.0 Å². The summed E-state index contributed by atoms with van der Waals surface area (Å²) in [4.78, 5) is 11.4. The predicted octanol–water partition coefficient (Wildman–Crippen LogP) is 5.44. The number of para-hydroxylation sites is 1. The van der Waals surface area contributed by atoms with E-state index in [-0.39, 0.29) is 29.5 Å². The number of benzene rings is 2. The number of rotatable bonds is 5. The lowest BCUT2D eigenvalue weighted by Crippen LogP contribution is -2.50. The summed E-state index contributed by atoms with van der Waals surface area (Å²) in [6.07, 6.45) is 4.86. The van der Waals surface area contributed by atoms with Gasteiger partial charge in [0.05, 0.1) is 34.5 Å². The van der Waals surface area contributed by atoms with Crippen LogP contribution < -0.4 is 10.6 Å². The van der Waals surface area contributed by atoms with Crippen molar-refractivity contribution in [2.75, 3.05) is 18.0 Å². The zero-order chi connectivity index (χ0) is 30.4. The van der Waals surface area contributed by atoms with E-state index in [9.17, 15) is 24.3 Å². The Morgan fingerprint density at radius 2 is 1.81 bits per heavy atom. The molecule has 6 rings (SSSR count). The molecule has 4 N–H and O–H groups in total. The first kappa shape index (κ1) is 28.3. The smallest absolute Gasteiger partial charge is 0.143 e. The third-order valence-corrected chi connectivity index (χ3v) is 8.16. The van der Waals surface area contributed by atoms with Gasteiger partial charge in [0, 0.05) is 60.5 Å². The number of nitriles is 1. The first-order chi connectivity index (χ1) is 20.7. The van der Waals surface area contributed by atoms with Crippen molar-refractivity contribution in [3.05, 3.63) is 95.6 Å². The van der Waals surface area contributed by atoms with Gasteiger partial charge in [-0.05, 0) is 55.7 Å². The van der Waals surface area contributed by atoms with Crippen LogP contribution in [-0.2, 0) is 0 Å². The number of halogens is 2. The van der Waals surface area contributed by atoms with E-state index in [0.29, 0.717) is 46.4 Å². The highest BCUT2D eigenvalue weighted by Crippen LogP contribution is 2.46.